The molecule has 1 aliphatic rings. The standard InChI is InChI=1S/C18H18FIN2O/c1-21-9-10-22(17(12-21)13-5-3-2-4-6-13)18(23)15-8-7-14(20)11-16(15)19/h2-8,11,17H,9-10,12H2,1H3/t17-/m1/s1. The average molecular weight is 424 g/mol. The van der Waals surface area contributed by atoms with Gasteiger partial charge in [0.2, 0.25) is 0 Å². The zero-order valence-corrected chi connectivity index (χ0v) is 15.0. The smallest absolute Gasteiger partial charge is 0.257 e. The Hall–Kier alpha value is -1.47. The third-order valence-electron chi connectivity index (χ3n) is 4.19. The summed E-state index contributed by atoms with van der Waals surface area (Å²) in [6, 6.07) is 14.6. The lowest BCUT2D eigenvalue weighted by atomic mass is 10.0. The first-order valence-electron chi connectivity index (χ1n) is 7.56. The molecule has 0 radical (unpaired) electrons. The van der Waals surface area contributed by atoms with Crippen molar-refractivity contribution in [3.8, 4) is 0 Å². The van der Waals surface area contributed by atoms with Crippen molar-refractivity contribution in [2.24, 2.45) is 0 Å². The van der Waals surface area contributed by atoms with Crippen LogP contribution in [0.2, 0.25) is 0 Å². The summed E-state index contributed by atoms with van der Waals surface area (Å²) in [6.45, 7) is 2.14. The number of carbonyl (C=O) groups excluding carboxylic acids is 1. The van der Waals surface area contributed by atoms with Crippen molar-refractivity contribution in [1.29, 1.82) is 0 Å². The van der Waals surface area contributed by atoms with E-state index in [-0.39, 0.29) is 17.5 Å². The number of piperazine rings is 1. The minimum atomic E-state index is -0.451. The molecule has 0 unspecified atom stereocenters. The summed E-state index contributed by atoms with van der Waals surface area (Å²) >= 11 is 2.04. The third-order valence-corrected chi connectivity index (χ3v) is 4.86. The van der Waals surface area contributed by atoms with Crippen LogP contribution in [0.5, 0.6) is 0 Å². The summed E-state index contributed by atoms with van der Waals surface area (Å²) in [5.74, 6) is -0.687. The van der Waals surface area contributed by atoms with Gasteiger partial charge in [0.15, 0.2) is 0 Å². The molecule has 3 nitrogen and oxygen atoms in total. The van der Waals surface area contributed by atoms with Gasteiger partial charge in [-0.1, -0.05) is 30.3 Å². The summed E-state index contributed by atoms with van der Waals surface area (Å²) in [7, 11) is 2.04. The van der Waals surface area contributed by atoms with Crippen LogP contribution in [0.3, 0.4) is 0 Å². The molecule has 0 saturated carbocycles. The van der Waals surface area contributed by atoms with E-state index in [9.17, 15) is 9.18 Å². The number of rotatable bonds is 2. The molecular formula is C18H18FIN2O. The maximum Gasteiger partial charge on any atom is 0.257 e. The number of likely N-dealkylation sites (N-methyl/N-ethyl adjacent to an activating group) is 1. The molecule has 2 aromatic rings. The van der Waals surface area contributed by atoms with Crippen LogP contribution >= 0.6 is 22.6 Å². The van der Waals surface area contributed by atoms with Crippen LogP contribution in [0.15, 0.2) is 48.5 Å². The number of carbonyl (C=O) groups is 1. The van der Waals surface area contributed by atoms with Crippen LogP contribution in [0.4, 0.5) is 4.39 Å². The predicted octanol–water partition coefficient (Wildman–Crippen LogP) is 3.56. The maximum absolute atomic E-state index is 14.2. The van der Waals surface area contributed by atoms with Crippen molar-refractivity contribution in [2.45, 2.75) is 6.04 Å². The Balaban J connectivity index is 1.93. The zero-order valence-electron chi connectivity index (χ0n) is 12.9. The molecule has 1 fully saturated rings. The van der Waals surface area contributed by atoms with Gasteiger partial charge in [0.05, 0.1) is 11.6 Å². The van der Waals surface area contributed by atoms with Crippen molar-refractivity contribution >= 4 is 28.5 Å². The van der Waals surface area contributed by atoms with Crippen molar-refractivity contribution < 1.29 is 9.18 Å². The number of benzene rings is 2. The SMILES string of the molecule is CN1CCN(C(=O)c2ccc(I)cc2F)[C@@H](c2ccccc2)C1. The fourth-order valence-corrected chi connectivity index (χ4v) is 3.39. The van der Waals surface area contributed by atoms with Crippen molar-refractivity contribution in [3.63, 3.8) is 0 Å². The quantitative estimate of drug-likeness (QED) is 0.689. The Labute approximate surface area is 149 Å². The van der Waals surface area contributed by atoms with Crippen molar-refractivity contribution in [3.05, 3.63) is 69.0 Å². The second-order valence-electron chi connectivity index (χ2n) is 5.81. The van der Waals surface area contributed by atoms with Gasteiger partial charge >= 0.3 is 0 Å². The first-order valence-corrected chi connectivity index (χ1v) is 8.63. The maximum atomic E-state index is 14.2. The van der Waals surface area contributed by atoms with Gasteiger partial charge in [0, 0.05) is 23.2 Å². The van der Waals surface area contributed by atoms with Gasteiger partial charge in [-0.3, -0.25) is 4.79 Å². The highest BCUT2D eigenvalue weighted by Gasteiger charge is 2.31. The molecule has 120 valence electrons. The van der Waals surface area contributed by atoms with Crippen LogP contribution in [-0.4, -0.2) is 42.4 Å². The Morgan fingerprint density at radius 2 is 1.91 bits per heavy atom. The molecule has 0 aromatic heterocycles. The molecule has 1 atom stereocenters. The first kappa shape index (κ1) is 16.4. The average Bonchev–Trinajstić information content (AvgIpc) is 2.55. The second kappa shape index (κ2) is 6.97. The Morgan fingerprint density at radius 3 is 2.61 bits per heavy atom. The predicted molar refractivity (Wildman–Crippen MR) is 96.8 cm³/mol. The van der Waals surface area contributed by atoms with Gasteiger partial charge in [-0.25, -0.2) is 4.39 Å². The summed E-state index contributed by atoms with van der Waals surface area (Å²) in [4.78, 5) is 16.9. The summed E-state index contributed by atoms with van der Waals surface area (Å²) < 4.78 is 15.0. The van der Waals surface area contributed by atoms with Gasteiger partial charge < -0.3 is 9.80 Å². The zero-order chi connectivity index (χ0) is 16.4. The molecule has 2 aromatic carbocycles. The summed E-state index contributed by atoms with van der Waals surface area (Å²) in [5, 5.41) is 0. The minimum Gasteiger partial charge on any atom is -0.329 e. The molecule has 23 heavy (non-hydrogen) atoms. The molecule has 0 spiro atoms. The number of hydrogen-bond donors (Lipinski definition) is 0. The molecule has 1 heterocycles. The highest BCUT2D eigenvalue weighted by atomic mass is 127. The number of halogens is 2. The second-order valence-corrected chi connectivity index (χ2v) is 7.06. The molecule has 3 rings (SSSR count). The monoisotopic (exact) mass is 424 g/mol. The third kappa shape index (κ3) is 3.55. The van der Waals surface area contributed by atoms with Gasteiger partial charge in [-0.05, 0) is 53.4 Å². The van der Waals surface area contributed by atoms with E-state index in [2.05, 4.69) is 4.90 Å². The molecule has 0 N–H and O–H groups in total. The van der Waals surface area contributed by atoms with E-state index in [1.165, 1.54) is 6.07 Å². The van der Waals surface area contributed by atoms with Gasteiger partial charge in [-0.15, -0.1) is 0 Å². The molecule has 1 amide bonds. The van der Waals surface area contributed by atoms with E-state index in [1.54, 1.807) is 17.0 Å². The van der Waals surface area contributed by atoms with E-state index in [0.717, 1.165) is 22.2 Å². The van der Waals surface area contributed by atoms with E-state index in [4.69, 9.17) is 0 Å². The normalized spacial score (nSPS) is 18.9. The fraction of sp³-hybridized carbons (Fsp3) is 0.278. The Kier molecular flexibility index (Phi) is 4.96. The summed E-state index contributed by atoms with van der Waals surface area (Å²) in [5.41, 5.74) is 1.23. The van der Waals surface area contributed by atoms with E-state index in [0.29, 0.717) is 6.54 Å². The van der Waals surface area contributed by atoms with Gasteiger partial charge in [0.1, 0.15) is 5.82 Å². The fourth-order valence-electron chi connectivity index (χ4n) is 2.94. The van der Waals surface area contributed by atoms with Crippen LogP contribution in [-0.2, 0) is 0 Å². The largest absolute Gasteiger partial charge is 0.329 e. The van der Waals surface area contributed by atoms with Crippen LogP contribution in [0.1, 0.15) is 22.0 Å². The van der Waals surface area contributed by atoms with Crippen LogP contribution in [0, 0.1) is 9.39 Å². The molecule has 1 saturated heterocycles. The first-order chi connectivity index (χ1) is 11.1. The van der Waals surface area contributed by atoms with Crippen LogP contribution in [0.25, 0.3) is 0 Å². The highest BCUT2D eigenvalue weighted by molar-refractivity contribution is 14.1. The Bertz CT molecular complexity index is 707. The molecule has 1 aliphatic heterocycles. The lowest BCUT2D eigenvalue weighted by Gasteiger charge is -2.40. The number of amides is 1. The number of hydrogen-bond acceptors (Lipinski definition) is 2. The van der Waals surface area contributed by atoms with Gasteiger partial charge in [-0.2, -0.15) is 0 Å². The molecule has 5 heteroatoms. The van der Waals surface area contributed by atoms with E-state index in [1.807, 2.05) is 60.0 Å². The summed E-state index contributed by atoms with van der Waals surface area (Å²) in [6.07, 6.45) is 0. The topological polar surface area (TPSA) is 23.6 Å². The van der Waals surface area contributed by atoms with Gasteiger partial charge in [0.25, 0.3) is 5.91 Å². The number of nitrogens with zero attached hydrogens (tertiary/aromatic N) is 2. The molecule has 0 bridgehead atoms. The lowest BCUT2D eigenvalue weighted by Crippen LogP contribution is -2.49. The lowest BCUT2D eigenvalue weighted by molar-refractivity contribution is 0.0493. The Morgan fingerprint density at radius 1 is 1.17 bits per heavy atom. The van der Waals surface area contributed by atoms with E-state index >= 15 is 0 Å². The highest BCUT2D eigenvalue weighted by Crippen LogP contribution is 2.27. The van der Waals surface area contributed by atoms with Crippen molar-refractivity contribution in [1.82, 2.24) is 9.80 Å². The molecule has 0 aliphatic carbocycles. The molecular weight excluding hydrogens is 406 g/mol. The van der Waals surface area contributed by atoms with Crippen LogP contribution < -0.4 is 0 Å². The van der Waals surface area contributed by atoms with Crippen molar-refractivity contribution in [2.75, 3.05) is 26.7 Å². The van der Waals surface area contributed by atoms with E-state index < -0.39 is 5.82 Å². The minimum absolute atomic E-state index is 0.0545.